The highest BCUT2D eigenvalue weighted by Gasteiger charge is 2.48. The van der Waals surface area contributed by atoms with Gasteiger partial charge in [-0.15, -0.1) is 0 Å². The van der Waals surface area contributed by atoms with E-state index in [0.717, 1.165) is 0 Å². The van der Waals surface area contributed by atoms with Gasteiger partial charge in [-0.3, -0.25) is 9.59 Å². The molecule has 2 atom stereocenters. The highest BCUT2D eigenvalue weighted by atomic mass is 16.1. The minimum Gasteiger partial charge on any atom is -0.290 e. The van der Waals surface area contributed by atoms with E-state index in [-0.39, 0.29) is 23.4 Å². The molecule has 2 heteroatoms. The lowest BCUT2D eigenvalue weighted by Crippen LogP contribution is -2.36. The number of carbonyl (C=O) groups excluding carboxylic acids is 2. The molecular formula is C30H20O2. The number of allylic oxidation sites excluding steroid dienone is 4. The van der Waals surface area contributed by atoms with E-state index in [0.29, 0.717) is 11.1 Å². The summed E-state index contributed by atoms with van der Waals surface area (Å²) in [6.07, 6.45) is 2.92. The van der Waals surface area contributed by atoms with Gasteiger partial charge in [0, 0.05) is 23.0 Å². The Bertz CT molecular complexity index is 1510. The fraction of sp³-hybridized carbons (Fsp3) is 0.133. The van der Waals surface area contributed by atoms with Crippen molar-refractivity contribution in [2.75, 3.05) is 0 Å². The van der Waals surface area contributed by atoms with Crippen LogP contribution in [-0.4, -0.2) is 11.6 Å². The van der Waals surface area contributed by atoms with E-state index in [9.17, 15) is 9.59 Å². The topological polar surface area (TPSA) is 34.1 Å². The van der Waals surface area contributed by atoms with Crippen LogP contribution < -0.4 is 0 Å². The van der Waals surface area contributed by atoms with Gasteiger partial charge in [0.25, 0.3) is 0 Å². The smallest absolute Gasteiger partial charge is 0.183 e. The summed E-state index contributed by atoms with van der Waals surface area (Å²) in [7, 11) is 0. The van der Waals surface area contributed by atoms with Crippen LogP contribution in [0.3, 0.4) is 0 Å². The van der Waals surface area contributed by atoms with Gasteiger partial charge in [-0.05, 0) is 93.1 Å². The zero-order valence-corrected chi connectivity index (χ0v) is 17.9. The SMILES string of the molecule is Cc1c2c(c(C)c3cc4ccccc4cc13)C1C3=C(C(=O)C=CC3=O)C2c2ccccc21. The molecule has 0 amide bonds. The van der Waals surface area contributed by atoms with Crippen LogP contribution in [-0.2, 0) is 9.59 Å². The Balaban J connectivity index is 1.66. The van der Waals surface area contributed by atoms with Crippen molar-refractivity contribution in [2.24, 2.45) is 0 Å². The van der Waals surface area contributed by atoms with Crippen LogP contribution in [0.5, 0.6) is 0 Å². The van der Waals surface area contributed by atoms with Crippen molar-refractivity contribution < 1.29 is 9.59 Å². The normalized spacial score (nSPS) is 20.7. The summed E-state index contributed by atoms with van der Waals surface area (Å²) in [5.74, 6) is -0.412. The summed E-state index contributed by atoms with van der Waals surface area (Å²) in [5.41, 5.74) is 8.61. The second kappa shape index (κ2) is 5.92. The fourth-order valence-electron chi connectivity index (χ4n) is 6.44. The van der Waals surface area contributed by atoms with E-state index < -0.39 is 0 Å². The summed E-state index contributed by atoms with van der Waals surface area (Å²) in [4.78, 5) is 26.2. The number of rotatable bonds is 0. The number of hydrogen-bond donors (Lipinski definition) is 0. The molecule has 0 saturated carbocycles. The van der Waals surface area contributed by atoms with Gasteiger partial charge in [-0.1, -0.05) is 48.5 Å². The van der Waals surface area contributed by atoms with E-state index >= 15 is 0 Å². The molecule has 0 aliphatic heterocycles. The average molecular weight is 412 g/mol. The second-order valence-corrected chi connectivity index (χ2v) is 9.21. The lowest BCUT2D eigenvalue weighted by molar-refractivity contribution is -0.115. The molecule has 2 bridgehead atoms. The Morgan fingerprint density at radius 1 is 0.594 bits per heavy atom. The molecule has 0 N–H and O–H groups in total. The van der Waals surface area contributed by atoms with E-state index in [1.165, 1.54) is 67.1 Å². The third kappa shape index (κ3) is 2.00. The lowest BCUT2D eigenvalue weighted by Gasteiger charge is -2.45. The predicted octanol–water partition coefficient (Wildman–Crippen LogP) is 6.21. The number of benzene rings is 4. The van der Waals surface area contributed by atoms with Crippen LogP contribution in [0.4, 0.5) is 0 Å². The van der Waals surface area contributed by atoms with Gasteiger partial charge >= 0.3 is 0 Å². The average Bonchev–Trinajstić information content (AvgIpc) is 2.83. The van der Waals surface area contributed by atoms with Crippen molar-refractivity contribution in [3.8, 4) is 0 Å². The Kier molecular flexibility index (Phi) is 3.30. The minimum atomic E-state index is -0.183. The zero-order chi connectivity index (χ0) is 21.7. The van der Waals surface area contributed by atoms with Crippen LogP contribution >= 0.6 is 0 Å². The Morgan fingerprint density at radius 2 is 1.00 bits per heavy atom. The molecule has 4 aliphatic rings. The third-order valence-corrected chi connectivity index (χ3v) is 7.77. The maximum Gasteiger partial charge on any atom is 0.183 e. The van der Waals surface area contributed by atoms with Crippen molar-refractivity contribution in [1.29, 1.82) is 0 Å². The predicted molar refractivity (Wildman–Crippen MR) is 127 cm³/mol. The van der Waals surface area contributed by atoms with Crippen molar-refractivity contribution in [1.82, 2.24) is 0 Å². The van der Waals surface area contributed by atoms with Crippen molar-refractivity contribution in [3.05, 3.63) is 117 Å². The Hall–Kier alpha value is -3.78. The first-order chi connectivity index (χ1) is 15.6. The molecule has 32 heavy (non-hydrogen) atoms. The molecule has 4 aromatic rings. The molecule has 0 radical (unpaired) electrons. The van der Waals surface area contributed by atoms with Crippen LogP contribution in [0, 0.1) is 13.8 Å². The number of fused-ring (bicyclic) bond motifs is 2. The highest BCUT2D eigenvalue weighted by molar-refractivity contribution is 6.23. The van der Waals surface area contributed by atoms with Gasteiger partial charge in [-0.2, -0.15) is 0 Å². The standard InChI is InChI=1S/C30H20O2/c1-15-21-13-17-7-3-4-8-18(17)14-22(21)16(2)26-25(15)27-19-9-5-6-10-20(19)28(26)30-24(32)12-11-23(31)29(27)30/h3-14,27-28H,1-2H3. The van der Waals surface area contributed by atoms with Crippen LogP contribution in [0.25, 0.3) is 21.5 Å². The maximum atomic E-state index is 13.1. The molecule has 0 spiro atoms. The van der Waals surface area contributed by atoms with Crippen molar-refractivity contribution in [3.63, 3.8) is 0 Å². The molecule has 2 unspecified atom stereocenters. The molecule has 0 aromatic heterocycles. The summed E-state index contributed by atoms with van der Waals surface area (Å²) in [6.45, 7) is 4.37. The molecule has 2 nitrogen and oxygen atoms in total. The van der Waals surface area contributed by atoms with Crippen LogP contribution in [0.2, 0.25) is 0 Å². The van der Waals surface area contributed by atoms with E-state index in [2.05, 4.69) is 62.4 Å². The largest absolute Gasteiger partial charge is 0.290 e. The number of carbonyl (C=O) groups is 2. The molecule has 152 valence electrons. The van der Waals surface area contributed by atoms with E-state index in [4.69, 9.17) is 0 Å². The number of aryl methyl sites for hydroxylation is 2. The Morgan fingerprint density at radius 3 is 1.44 bits per heavy atom. The molecule has 4 aromatic carbocycles. The van der Waals surface area contributed by atoms with E-state index in [1.54, 1.807) is 0 Å². The van der Waals surface area contributed by atoms with Crippen molar-refractivity contribution in [2.45, 2.75) is 25.7 Å². The van der Waals surface area contributed by atoms with Gasteiger partial charge in [0.2, 0.25) is 0 Å². The highest BCUT2D eigenvalue weighted by Crippen LogP contribution is 2.59. The molecule has 0 fully saturated rings. The Labute approximate surface area is 185 Å². The zero-order valence-electron chi connectivity index (χ0n) is 17.9. The van der Waals surface area contributed by atoms with Crippen LogP contribution in [0.15, 0.2) is 84.0 Å². The summed E-state index contributed by atoms with van der Waals surface area (Å²) in [5, 5.41) is 4.90. The summed E-state index contributed by atoms with van der Waals surface area (Å²) >= 11 is 0. The molecule has 8 rings (SSSR count). The number of ketones is 2. The van der Waals surface area contributed by atoms with Crippen LogP contribution in [0.1, 0.15) is 45.2 Å². The van der Waals surface area contributed by atoms with Gasteiger partial charge < -0.3 is 0 Å². The fourth-order valence-corrected chi connectivity index (χ4v) is 6.44. The minimum absolute atomic E-state index is 0.0228. The third-order valence-electron chi connectivity index (χ3n) is 7.77. The summed E-state index contributed by atoms with van der Waals surface area (Å²) in [6, 6.07) is 21.4. The maximum absolute atomic E-state index is 13.1. The molecule has 0 saturated heterocycles. The van der Waals surface area contributed by atoms with Gasteiger partial charge in [0.05, 0.1) is 0 Å². The van der Waals surface area contributed by atoms with Gasteiger partial charge in [-0.25, -0.2) is 0 Å². The number of hydrogen-bond acceptors (Lipinski definition) is 2. The lowest BCUT2D eigenvalue weighted by atomic mass is 9.56. The second-order valence-electron chi connectivity index (χ2n) is 9.21. The van der Waals surface area contributed by atoms with Gasteiger partial charge in [0.15, 0.2) is 11.6 Å². The first-order valence-corrected chi connectivity index (χ1v) is 11.1. The quantitative estimate of drug-likeness (QED) is 0.254. The molecule has 0 heterocycles. The molecule has 4 aliphatic carbocycles. The monoisotopic (exact) mass is 412 g/mol. The first kappa shape index (κ1) is 17.9. The molecular weight excluding hydrogens is 392 g/mol. The summed E-state index contributed by atoms with van der Waals surface area (Å²) < 4.78 is 0. The van der Waals surface area contributed by atoms with Crippen molar-refractivity contribution >= 4 is 33.1 Å². The van der Waals surface area contributed by atoms with Gasteiger partial charge in [0.1, 0.15) is 0 Å². The first-order valence-electron chi connectivity index (χ1n) is 11.1. The van der Waals surface area contributed by atoms with E-state index in [1.807, 2.05) is 12.1 Å².